The number of thioether (sulfide) groups is 1. The molecule has 0 bridgehead atoms. The van der Waals surface area contributed by atoms with Crippen molar-refractivity contribution in [1.82, 2.24) is 9.97 Å². The number of hydrogen-bond acceptors (Lipinski definition) is 7. The van der Waals surface area contributed by atoms with Crippen molar-refractivity contribution < 1.29 is 18.9 Å². The van der Waals surface area contributed by atoms with E-state index in [1.165, 1.54) is 17.8 Å². The van der Waals surface area contributed by atoms with E-state index in [0.29, 0.717) is 46.0 Å². The molecule has 7 nitrogen and oxygen atoms in total. The summed E-state index contributed by atoms with van der Waals surface area (Å²) < 4.78 is 21.2. The Morgan fingerprint density at radius 3 is 2.17 bits per heavy atom. The average Bonchev–Trinajstić information content (AvgIpc) is 2.76. The molecule has 0 radical (unpaired) electrons. The Morgan fingerprint density at radius 1 is 0.833 bits per heavy atom. The summed E-state index contributed by atoms with van der Waals surface area (Å²) in [7, 11) is 6.41. The van der Waals surface area contributed by atoms with Crippen molar-refractivity contribution in [3.8, 4) is 23.0 Å². The van der Waals surface area contributed by atoms with Gasteiger partial charge in [0.25, 0.3) is 5.56 Å². The molecular weight excluding hydrogens is 404 g/mol. The Kier molecular flexibility index (Phi) is 7.24. The minimum absolute atomic E-state index is 0.189. The van der Waals surface area contributed by atoms with E-state index < -0.39 is 0 Å². The number of rotatable bonds is 9. The Bertz CT molecular complexity index is 1050. The Balaban J connectivity index is 1.77. The van der Waals surface area contributed by atoms with E-state index in [2.05, 4.69) is 9.97 Å². The lowest BCUT2D eigenvalue weighted by Gasteiger charge is -2.10. The summed E-state index contributed by atoms with van der Waals surface area (Å²) in [6, 6.07) is 12.8. The molecule has 2 aromatic carbocycles. The van der Waals surface area contributed by atoms with Gasteiger partial charge in [-0.05, 0) is 35.4 Å². The second kappa shape index (κ2) is 10.1. The van der Waals surface area contributed by atoms with Gasteiger partial charge in [-0.1, -0.05) is 17.8 Å². The van der Waals surface area contributed by atoms with E-state index >= 15 is 0 Å². The molecule has 1 N–H and O–H groups in total. The maximum absolute atomic E-state index is 12.1. The van der Waals surface area contributed by atoms with Crippen molar-refractivity contribution in [3.05, 3.63) is 69.6 Å². The van der Waals surface area contributed by atoms with Crippen molar-refractivity contribution in [1.29, 1.82) is 0 Å². The van der Waals surface area contributed by atoms with E-state index in [0.717, 1.165) is 11.1 Å². The van der Waals surface area contributed by atoms with Gasteiger partial charge in [0.2, 0.25) is 0 Å². The highest BCUT2D eigenvalue weighted by Gasteiger charge is 2.09. The molecule has 0 spiro atoms. The summed E-state index contributed by atoms with van der Waals surface area (Å²) >= 11 is 1.44. The van der Waals surface area contributed by atoms with Crippen LogP contribution in [0.3, 0.4) is 0 Å². The molecule has 0 aliphatic rings. The second-order valence-electron chi connectivity index (χ2n) is 6.42. The van der Waals surface area contributed by atoms with Crippen molar-refractivity contribution in [2.45, 2.75) is 17.3 Å². The number of hydrogen-bond donors (Lipinski definition) is 1. The molecule has 3 rings (SSSR count). The van der Waals surface area contributed by atoms with Gasteiger partial charge in [-0.25, -0.2) is 4.98 Å². The van der Waals surface area contributed by atoms with Crippen molar-refractivity contribution >= 4 is 11.8 Å². The zero-order valence-electron chi connectivity index (χ0n) is 17.4. The first-order valence-electron chi connectivity index (χ1n) is 9.20. The molecule has 158 valence electrons. The van der Waals surface area contributed by atoms with Gasteiger partial charge in [0.15, 0.2) is 16.7 Å². The zero-order valence-corrected chi connectivity index (χ0v) is 18.2. The van der Waals surface area contributed by atoms with Crippen LogP contribution in [0.2, 0.25) is 0 Å². The summed E-state index contributed by atoms with van der Waals surface area (Å²) in [4.78, 5) is 19.5. The number of aromatic amines is 1. The quantitative estimate of drug-likeness (QED) is 0.411. The van der Waals surface area contributed by atoms with Crippen LogP contribution in [-0.4, -0.2) is 38.4 Å². The third-order valence-corrected chi connectivity index (χ3v) is 5.34. The molecule has 0 saturated carbocycles. The molecule has 3 aromatic rings. The van der Waals surface area contributed by atoms with Gasteiger partial charge < -0.3 is 23.9 Å². The normalized spacial score (nSPS) is 10.5. The molecule has 0 saturated heterocycles. The Labute approximate surface area is 179 Å². The molecule has 1 heterocycles. The van der Waals surface area contributed by atoms with Crippen molar-refractivity contribution in [2.75, 3.05) is 28.4 Å². The molecule has 30 heavy (non-hydrogen) atoms. The predicted octanol–water partition coefficient (Wildman–Crippen LogP) is 3.69. The van der Waals surface area contributed by atoms with E-state index in [9.17, 15) is 4.79 Å². The molecule has 0 atom stereocenters. The number of methoxy groups -OCH3 is 4. The first-order valence-corrected chi connectivity index (χ1v) is 10.2. The van der Waals surface area contributed by atoms with Crippen LogP contribution in [0.5, 0.6) is 23.0 Å². The third kappa shape index (κ3) is 5.48. The largest absolute Gasteiger partial charge is 0.497 e. The number of aromatic nitrogens is 2. The van der Waals surface area contributed by atoms with Gasteiger partial charge in [-0.15, -0.1) is 0 Å². The lowest BCUT2D eigenvalue weighted by Crippen LogP contribution is -2.10. The highest BCUT2D eigenvalue weighted by Crippen LogP contribution is 2.29. The van der Waals surface area contributed by atoms with Gasteiger partial charge in [0, 0.05) is 24.3 Å². The van der Waals surface area contributed by atoms with Crippen LogP contribution in [0.1, 0.15) is 16.8 Å². The maximum Gasteiger partial charge on any atom is 0.251 e. The van der Waals surface area contributed by atoms with E-state index in [1.54, 1.807) is 28.4 Å². The van der Waals surface area contributed by atoms with Crippen LogP contribution in [0.4, 0.5) is 0 Å². The minimum atomic E-state index is -0.189. The van der Waals surface area contributed by atoms with Gasteiger partial charge in [-0.2, -0.15) is 0 Å². The average molecular weight is 429 g/mol. The summed E-state index contributed by atoms with van der Waals surface area (Å²) in [5.41, 5.74) is 2.46. The molecule has 0 amide bonds. The zero-order chi connectivity index (χ0) is 21.5. The van der Waals surface area contributed by atoms with E-state index in [-0.39, 0.29) is 5.56 Å². The summed E-state index contributed by atoms with van der Waals surface area (Å²) in [6.45, 7) is 0. The number of benzene rings is 2. The SMILES string of the molecule is COc1cc(CSc2nc(Cc3ccc(OC)c(OC)c3)cc(=O)[nH]2)cc(OC)c1. The number of H-pyrrole nitrogens is 1. The predicted molar refractivity (Wildman–Crippen MR) is 116 cm³/mol. The topological polar surface area (TPSA) is 82.7 Å². The Morgan fingerprint density at radius 2 is 1.53 bits per heavy atom. The summed E-state index contributed by atoms with van der Waals surface area (Å²) in [6.07, 6.45) is 0.505. The summed E-state index contributed by atoms with van der Waals surface area (Å²) in [5.74, 6) is 3.34. The Hall–Kier alpha value is -3.13. The highest BCUT2D eigenvalue weighted by atomic mass is 32.2. The maximum atomic E-state index is 12.1. The summed E-state index contributed by atoms with van der Waals surface area (Å²) in [5, 5.41) is 0.555. The third-order valence-electron chi connectivity index (χ3n) is 4.39. The standard InChI is InChI=1S/C22H24N2O5S/c1-26-17-8-15(9-18(12-17)27-2)13-30-22-23-16(11-21(25)24-22)7-14-5-6-19(28-3)20(10-14)29-4/h5-6,8-12H,7,13H2,1-4H3,(H,23,24,25). The van der Waals surface area contributed by atoms with Gasteiger partial charge >= 0.3 is 0 Å². The molecular formula is C22H24N2O5S. The van der Waals surface area contributed by atoms with E-state index in [4.69, 9.17) is 18.9 Å². The molecule has 0 unspecified atom stereocenters. The van der Waals surface area contributed by atoms with Crippen LogP contribution in [-0.2, 0) is 12.2 Å². The highest BCUT2D eigenvalue weighted by molar-refractivity contribution is 7.98. The molecule has 0 aliphatic heterocycles. The first kappa shape index (κ1) is 21.6. The molecule has 8 heteroatoms. The van der Waals surface area contributed by atoms with E-state index in [1.807, 2.05) is 36.4 Å². The van der Waals surface area contributed by atoms with Crippen LogP contribution in [0.25, 0.3) is 0 Å². The number of nitrogens with one attached hydrogen (secondary N) is 1. The van der Waals surface area contributed by atoms with Crippen LogP contribution >= 0.6 is 11.8 Å². The van der Waals surface area contributed by atoms with Gasteiger partial charge in [0.1, 0.15) is 11.5 Å². The van der Waals surface area contributed by atoms with Crippen LogP contribution in [0.15, 0.2) is 52.4 Å². The molecule has 0 fully saturated rings. The molecule has 1 aromatic heterocycles. The smallest absolute Gasteiger partial charge is 0.251 e. The van der Waals surface area contributed by atoms with Gasteiger partial charge in [-0.3, -0.25) is 4.79 Å². The van der Waals surface area contributed by atoms with Crippen molar-refractivity contribution in [2.24, 2.45) is 0 Å². The van der Waals surface area contributed by atoms with Gasteiger partial charge in [0.05, 0.1) is 34.1 Å². The first-order chi connectivity index (χ1) is 14.5. The monoisotopic (exact) mass is 428 g/mol. The second-order valence-corrected chi connectivity index (χ2v) is 7.38. The van der Waals surface area contributed by atoms with Crippen molar-refractivity contribution in [3.63, 3.8) is 0 Å². The fourth-order valence-electron chi connectivity index (χ4n) is 2.94. The molecule has 0 aliphatic carbocycles. The fraction of sp³-hybridized carbons (Fsp3) is 0.273. The van der Waals surface area contributed by atoms with Crippen LogP contribution in [0, 0.1) is 0 Å². The lowest BCUT2D eigenvalue weighted by molar-refractivity contribution is 0.354. The number of ether oxygens (including phenoxy) is 4. The minimum Gasteiger partial charge on any atom is -0.497 e. The number of nitrogens with zero attached hydrogens (tertiary/aromatic N) is 1. The van der Waals surface area contributed by atoms with Crippen LogP contribution < -0.4 is 24.5 Å². The fourth-order valence-corrected chi connectivity index (χ4v) is 3.77. The lowest BCUT2D eigenvalue weighted by atomic mass is 10.1.